The molecule has 0 bridgehead atoms. The third-order valence-electron chi connectivity index (χ3n) is 5.38. The van der Waals surface area contributed by atoms with Crippen LogP contribution in [-0.4, -0.2) is 77.9 Å². The van der Waals surface area contributed by atoms with Crippen LogP contribution in [0.5, 0.6) is 0 Å². The average Bonchev–Trinajstić information content (AvgIpc) is 3.51. The van der Waals surface area contributed by atoms with E-state index < -0.39 is 60.5 Å². The molecule has 0 spiro atoms. The summed E-state index contributed by atoms with van der Waals surface area (Å²) in [4.78, 5) is 28.7. The number of thiazole rings is 1. The lowest BCUT2D eigenvalue weighted by molar-refractivity contribution is -0.145. The molecule has 206 valence electrons. The summed E-state index contributed by atoms with van der Waals surface area (Å²) in [6, 6.07) is -0.914. The van der Waals surface area contributed by atoms with Crippen molar-refractivity contribution in [1.29, 1.82) is 0 Å². The second kappa shape index (κ2) is 10.4. The SMILES string of the molecule is O=C(Cn1cnc(C(F)F)n1)N1CCN(c2sc(C(F)(F)F)nc2-c2cnc(C(F)(F)F)nc2)CC1CO. The highest BCUT2D eigenvalue weighted by Crippen LogP contribution is 2.43. The molecule has 0 aromatic carbocycles. The molecule has 3 aromatic heterocycles. The summed E-state index contributed by atoms with van der Waals surface area (Å²) in [5.74, 6) is -2.85. The van der Waals surface area contributed by atoms with E-state index in [2.05, 4.69) is 25.0 Å². The van der Waals surface area contributed by atoms with Gasteiger partial charge in [-0.25, -0.2) is 33.4 Å². The van der Waals surface area contributed by atoms with Gasteiger partial charge in [-0.15, -0.1) is 5.10 Å². The van der Waals surface area contributed by atoms with Crippen molar-refractivity contribution < 1.29 is 45.0 Å². The molecule has 0 radical (unpaired) electrons. The van der Waals surface area contributed by atoms with Crippen molar-refractivity contribution in [3.63, 3.8) is 0 Å². The van der Waals surface area contributed by atoms with Crippen molar-refractivity contribution in [1.82, 2.24) is 34.6 Å². The molecule has 4 heterocycles. The normalized spacial score (nSPS) is 16.9. The number of amides is 1. The highest BCUT2D eigenvalue weighted by atomic mass is 32.1. The highest BCUT2D eigenvalue weighted by molar-refractivity contribution is 7.16. The Hall–Kier alpha value is -3.48. The van der Waals surface area contributed by atoms with Gasteiger partial charge in [0.2, 0.25) is 22.6 Å². The summed E-state index contributed by atoms with van der Waals surface area (Å²) < 4.78 is 105. The van der Waals surface area contributed by atoms with Crippen LogP contribution < -0.4 is 4.90 Å². The van der Waals surface area contributed by atoms with Crippen LogP contribution in [0.1, 0.15) is 23.1 Å². The first-order chi connectivity index (χ1) is 17.8. The molecule has 10 nitrogen and oxygen atoms in total. The molecular weight excluding hydrogens is 556 g/mol. The summed E-state index contributed by atoms with van der Waals surface area (Å²) in [7, 11) is 0. The number of hydrogen-bond acceptors (Lipinski definition) is 9. The van der Waals surface area contributed by atoms with Gasteiger partial charge in [0.1, 0.15) is 23.6 Å². The van der Waals surface area contributed by atoms with Crippen LogP contribution in [-0.2, 0) is 23.7 Å². The van der Waals surface area contributed by atoms with E-state index in [4.69, 9.17) is 0 Å². The van der Waals surface area contributed by atoms with E-state index >= 15 is 0 Å². The molecular formula is C19H16F8N8O2S. The van der Waals surface area contributed by atoms with Crippen LogP contribution in [0.2, 0.25) is 0 Å². The third-order valence-corrected chi connectivity index (χ3v) is 6.54. The van der Waals surface area contributed by atoms with Crippen molar-refractivity contribution in [2.24, 2.45) is 0 Å². The van der Waals surface area contributed by atoms with E-state index in [-0.39, 0.29) is 47.2 Å². The minimum Gasteiger partial charge on any atom is -0.394 e. The number of anilines is 1. The van der Waals surface area contributed by atoms with Crippen LogP contribution in [0.15, 0.2) is 18.7 Å². The minimum atomic E-state index is -4.86. The zero-order chi connectivity index (χ0) is 27.8. The highest BCUT2D eigenvalue weighted by Gasteiger charge is 2.39. The molecule has 19 heteroatoms. The molecule has 1 N–H and O–H groups in total. The predicted octanol–water partition coefficient (Wildman–Crippen LogP) is 2.88. The summed E-state index contributed by atoms with van der Waals surface area (Å²) in [5, 5.41) is 12.0. The van der Waals surface area contributed by atoms with E-state index in [1.165, 1.54) is 9.80 Å². The molecule has 3 aromatic rings. The second-order valence-corrected chi connectivity index (χ2v) is 8.91. The summed E-state index contributed by atoms with van der Waals surface area (Å²) in [6.07, 6.45) is -10.3. The largest absolute Gasteiger partial charge is 0.451 e. The number of carbonyl (C=O) groups is 1. The first kappa shape index (κ1) is 27.6. The molecule has 1 aliphatic heterocycles. The Balaban J connectivity index is 1.57. The number of aliphatic hydroxyl groups is 1. The lowest BCUT2D eigenvalue weighted by atomic mass is 10.1. The fourth-order valence-corrected chi connectivity index (χ4v) is 4.66. The van der Waals surface area contributed by atoms with E-state index in [0.717, 1.165) is 11.0 Å². The van der Waals surface area contributed by atoms with Gasteiger partial charge in [0, 0.05) is 37.6 Å². The monoisotopic (exact) mass is 572 g/mol. The van der Waals surface area contributed by atoms with Crippen molar-refractivity contribution in [3.8, 4) is 11.3 Å². The Kier molecular flexibility index (Phi) is 7.51. The Labute approximate surface area is 211 Å². The Bertz CT molecular complexity index is 1280. The van der Waals surface area contributed by atoms with Gasteiger partial charge < -0.3 is 14.9 Å². The van der Waals surface area contributed by atoms with Gasteiger partial charge in [-0.1, -0.05) is 11.3 Å². The quantitative estimate of drug-likeness (QED) is 0.449. The Morgan fingerprint density at radius 1 is 1.08 bits per heavy atom. The fraction of sp³-hybridized carbons (Fsp3) is 0.474. The maximum absolute atomic E-state index is 13.5. The van der Waals surface area contributed by atoms with Gasteiger partial charge in [-0.05, 0) is 0 Å². The smallest absolute Gasteiger partial charge is 0.394 e. The first-order valence-corrected chi connectivity index (χ1v) is 11.4. The maximum Gasteiger partial charge on any atom is 0.451 e. The molecule has 1 fully saturated rings. The molecule has 0 saturated carbocycles. The zero-order valence-corrected chi connectivity index (χ0v) is 19.6. The molecule has 1 amide bonds. The van der Waals surface area contributed by atoms with E-state index in [0.29, 0.717) is 12.4 Å². The molecule has 4 rings (SSSR count). The fourth-order valence-electron chi connectivity index (χ4n) is 3.67. The maximum atomic E-state index is 13.5. The first-order valence-electron chi connectivity index (χ1n) is 10.6. The lowest BCUT2D eigenvalue weighted by Crippen LogP contribution is -2.57. The molecule has 1 atom stereocenters. The molecule has 1 unspecified atom stereocenters. The zero-order valence-electron chi connectivity index (χ0n) is 18.8. The number of hydrogen-bond donors (Lipinski definition) is 1. The summed E-state index contributed by atoms with van der Waals surface area (Å²) >= 11 is 0.241. The number of piperazine rings is 1. The summed E-state index contributed by atoms with van der Waals surface area (Å²) in [5.41, 5.74) is -0.505. The topological polar surface area (TPSA) is 113 Å². The lowest BCUT2D eigenvalue weighted by Gasteiger charge is -2.41. The van der Waals surface area contributed by atoms with E-state index in [1.807, 2.05) is 0 Å². The van der Waals surface area contributed by atoms with Crippen molar-refractivity contribution >= 4 is 22.2 Å². The summed E-state index contributed by atoms with van der Waals surface area (Å²) in [6.45, 7) is -1.33. The molecule has 0 aliphatic carbocycles. The van der Waals surface area contributed by atoms with Crippen molar-refractivity contribution in [2.75, 3.05) is 31.1 Å². The van der Waals surface area contributed by atoms with Crippen molar-refractivity contribution in [2.45, 2.75) is 31.4 Å². The van der Waals surface area contributed by atoms with Crippen LogP contribution in [0.4, 0.5) is 40.1 Å². The number of aromatic nitrogens is 6. The van der Waals surface area contributed by atoms with Crippen LogP contribution in [0, 0.1) is 0 Å². The Morgan fingerprint density at radius 3 is 2.32 bits per heavy atom. The number of nitrogens with zero attached hydrogens (tertiary/aromatic N) is 8. The van der Waals surface area contributed by atoms with E-state index in [1.54, 1.807) is 0 Å². The van der Waals surface area contributed by atoms with Gasteiger partial charge in [0.25, 0.3) is 6.43 Å². The Morgan fingerprint density at radius 2 is 1.76 bits per heavy atom. The molecule has 38 heavy (non-hydrogen) atoms. The van der Waals surface area contributed by atoms with Gasteiger partial charge in [-0.2, -0.15) is 26.3 Å². The number of aliphatic hydroxyl groups excluding tert-OH is 1. The van der Waals surface area contributed by atoms with Gasteiger partial charge in [0.05, 0.1) is 12.6 Å². The van der Waals surface area contributed by atoms with Crippen LogP contribution >= 0.6 is 11.3 Å². The third kappa shape index (κ3) is 5.82. The van der Waals surface area contributed by atoms with Gasteiger partial charge in [0.15, 0.2) is 0 Å². The van der Waals surface area contributed by atoms with Crippen LogP contribution in [0.3, 0.4) is 0 Å². The average molecular weight is 572 g/mol. The van der Waals surface area contributed by atoms with Crippen LogP contribution in [0.25, 0.3) is 11.3 Å². The second-order valence-electron chi connectivity index (χ2n) is 7.93. The number of alkyl halides is 8. The van der Waals surface area contributed by atoms with Crippen molar-refractivity contribution in [3.05, 3.63) is 35.4 Å². The number of carbonyl (C=O) groups excluding carboxylic acids is 1. The van der Waals surface area contributed by atoms with Gasteiger partial charge in [-0.3, -0.25) is 4.79 Å². The molecule has 1 aliphatic rings. The van der Waals surface area contributed by atoms with E-state index in [9.17, 15) is 45.0 Å². The van der Waals surface area contributed by atoms with Gasteiger partial charge >= 0.3 is 12.4 Å². The minimum absolute atomic E-state index is 0.0319. The standard InChI is InChI=1S/C19H16F8N8O2S/c20-13(21)14-30-8-34(32-14)6-11(37)35-2-1-33(5-10(35)7-36)15-12(31-17(38-15)19(25,26)27)9-3-28-16(29-4-9)18(22,23)24/h3-4,8,10,13,36H,1-2,5-7H2. The molecule has 1 saturated heterocycles. The number of halogens is 8. The predicted molar refractivity (Wildman–Crippen MR) is 113 cm³/mol. The number of rotatable bonds is 6.